The fraction of sp³-hybridized carbons (Fsp3) is 0.381. The molecule has 0 aliphatic carbocycles. The smallest absolute Gasteiger partial charge is 0.193 e. The Hall–Kier alpha value is -1.56. The Morgan fingerprint density at radius 2 is 1.62 bits per heavy atom. The van der Waals surface area contributed by atoms with Gasteiger partial charge < -0.3 is 4.43 Å². The minimum Gasteiger partial charge on any atom is -0.405 e. The summed E-state index contributed by atoms with van der Waals surface area (Å²) in [5, 5.41) is 0.0873. The average Bonchev–Trinajstić information content (AvgIpc) is 2.58. The first-order chi connectivity index (χ1) is 12.1. The van der Waals surface area contributed by atoms with Crippen LogP contribution in [0.3, 0.4) is 0 Å². The summed E-state index contributed by atoms with van der Waals surface area (Å²) in [4.78, 5) is 0.700. The number of hydrogen-bond donors (Lipinski definition) is 0. The topological polar surface area (TPSA) is 38.7 Å². The molecular formula is C21H29NO2SSi. The van der Waals surface area contributed by atoms with Crippen molar-refractivity contribution < 1.29 is 8.63 Å². The van der Waals surface area contributed by atoms with E-state index >= 15 is 0 Å². The van der Waals surface area contributed by atoms with Crippen LogP contribution >= 0.6 is 0 Å². The van der Waals surface area contributed by atoms with E-state index in [1.54, 1.807) is 6.21 Å². The predicted molar refractivity (Wildman–Crippen MR) is 114 cm³/mol. The van der Waals surface area contributed by atoms with Gasteiger partial charge in [0.1, 0.15) is 6.10 Å². The molecule has 5 heteroatoms. The lowest BCUT2D eigenvalue weighted by atomic mass is 10.1. The highest BCUT2D eigenvalue weighted by Crippen LogP contribution is 2.39. The molecule has 0 aromatic heterocycles. The summed E-state index contributed by atoms with van der Waals surface area (Å²) in [6, 6.07) is 17.6. The number of hydrogen-bond acceptors (Lipinski definition) is 2. The van der Waals surface area contributed by atoms with E-state index in [1.807, 2.05) is 61.5 Å². The lowest BCUT2D eigenvalue weighted by Gasteiger charge is -2.38. The third kappa shape index (κ3) is 5.46. The van der Waals surface area contributed by atoms with Crippen molar-refractivity contribution >= 4 is 25.5 Å². The molecule has 0 saturated carbocycles. The van der Waals surface area contributed by atoms with Gasteiger partial charge in [0.05, 0.1) is 4.90 Å². The Morgan fingerprint density at radius 3 is 2.15 bits per heavy atom. The second-order valence-corrected chi connectivity index (χ2v) is 14.0. The van der Waals surface area contributed by atoms with Gasteiger partial charge in [0.25, 0.3) is 0 Å². The van der Waals surface area contributed by atoms with Gasteiger partial charge in [0.2, 0.25) is 0 Å². The molecule has 0 fully saturated rings. The van der Waals surface area contributed by atoms with Crippen molar-refractivity contribution in [1.29, 1.82) is 0 Å². The van der Waals surface area contributed by atoms with Gasteiger partial charge in [-0.25, -0.2) is 4.21 Å². The summed E-state index contributed by atoms with van der Waals surface area (Å²) >= 11 is 0. The molecule has 2 aromatic rings. The second kappa shape index (κ2) is 8.42. The fourth-order valence-electron chi connectivity index (χ4n) is 2.15. The van der Waals surface area contributed by atoms with Crippen molar-refractivity contribution in [2.75, 3.05) is 0 Å². The first-order valence-corrected chi connectivity index (χ1v) is 12.9. The van der Waals surface area contributed by atoms with Crippen molar-refractivity contribution in [3.63, 3.8) is 0 Å². The Balaban J connectivity index is 2.27. The van der Waals surface area contributed by atoms with Gasteiger partial charge in [0.15, 0.2) is 19.3 Å². The van der Waals surface area contributed by atoms with E-state index in [0.717, 1.165) is 11.1 Å². The lowest BCUT2D eigenvalue weighted by Crippen LogP contribution is -2.42. The van der Waals surface area contributed by atoms with Gasteiger partial charge in [-0.05, 0) is 42.8 Å². The van der Waals surface area contributed by atoms with Crippen LogP contribution in [0, 0.1) is 6.92 Å². The molecule has 3 nitrogen and oxygen atoms in total. The summed E-state index contributed by atoms with van der Waals surface area (Å²) in [7, 11) is -3.43. The van der Waals surface area contributed by atoms with E-state index in [4.69, 9.17) is 4.43 Å². The van der Waals surface area contributed by atoms with Gasteiger partial charge in [-0.1, -0.05) is 68.8 Å². The van der Waals surface area contributed by atoms with E-state index in [2.05, 4.69) is 38.3 Å². The number of rotatable bonds is 6. The zero-order valence-electron chi connectivity index (χ0n) is 16.5. The maximum atomic E-state index is 12.5. The van der Waals surface area contributed by atoms with Crippen LogP contribution in [0.15, 0.2) is 63.9 Å². The Bertz CT molecular complexity index is 765. The summed E-state index contributed by atoms with van der Waals surface area (Å²) < 4.78 is 23.4. The molecule has 2 rings (SSSR count). The van der Waals surface area contributed by atoms with Crippen LogP contribution in [0.5, 0.6) is 0 Å². The van der Waals surface area contributed by atoms with E-state index in [-0.39, 0.29) is 11.1 Å². The second-order valence-electron chi connectivity index (χ2n) is 8.03. The Kier molecular flexibility index (Phi) is 6.72. The minimum atomic E-state index is -2.00. The minimum absolute atomic E-state index is 0.0873. The van der Waals surface area contributed by atoms with Crippen LogP contribution in [0.25, 0.3) is 0 Å². The maximum Gasteiger partial charge on any atom is 0.193 e. The zero-order valence-corrected chi connectivity index (χ0v) is 18.3. The molecular weight excluding hydrogens is 358 g/mol. The lowest BCUT2D eigenvalue weighted by molar-refractivity contribution is 0.251. The third-order valence-corrected chi connectivity index (χ3v) is 10.3. The molecule has 0 unspecified atom stereocenters. The summed E-state index contributed by atoms with van der Waals surface area (Å²) in [5.41, 5.74) is 2.17. The van der Waals surface area contributed by atoms with E-state index in [9.17, 15) is 4.21 Å². The molecule has 2 aromatic carbocycles. The zero-order chi connectivity index (χ0) is 19.4. The third-order valence-electron chi connectivity index (χ3n) is 4.87. The highest BCUT2D eigenvalue weighted by molar-refractivity contribution is 7.83. The molecule has 140 valence electrons. The van der Waals surface area contributed by atoms with E-state index in [0.29, 0.717) is 4.90 Å². The van der Waals surface area contributed by atoms with Gasteiger partial charge in [-0.3, -0.25) is 0 Å². The fourth-order valence-corrected chi connectivity index (χ4v) is 4.04. The molecule has 0 heterocycles. The molecule has 0 bridgehead atoms. The molecule has 0 radical (unpaired) electrons. The molecule has 0 aliphatic heterocycles. The SMILES string of the molecule is Cc1ccc([S@](=O)/N=C/[C@@H](O[Si](C)(C)C(C)(C)C)c2ccccc2)cc1. The first-order valence-electron chi connectivity index (χ1n) is 8.86. The number of nitrogens with zero attached hydrogens (tertiary/aromatic N) is 1. The predicted octanol–water partition coefficient (Wildman–Crippen LogP) is 5.85. The summed E-state index contributed by atoms with van der Waals surface area (Å²) in [5.74, 6) is 0. The molecule has 0 N–H and O–H groups in total. The van der Waals surface area contributed by atoms with Crippen molar-refractivity contribution in [2.45, 2.75) is 56.8 Å². The monoisotopic (exact) mass is 387 g/mol. The van der Waals surface area contributed by atoms with Gasteiger partial charge in [-0.15, -0.1) is 0 Å². The molecule has 0 spiro atoms. The van der Waals surface area contributed by atoms with Crippen molar-refractivity contribution in [2.24, 2.45) is 4.40 Å². The van der Waals surface area contributed by atoms with Crippen LogP contribution in [-0.2, 0) is 15.4 Å². The quantitative estimate of drug-likeness (QED) is 0.460. The van der Waals surface area contributed by atoms with Gasteiger partial charge in [0, 0.05) is 6.21 Å². The Labute approximate surface area is 161 Å². The van der Waals surface area contributed by atoms with Crippen LogP contribution in [0.2, 0.25) is 18.1 Å². The normalized spacial score (nSPS) is 15.2. The van der Waals surface area contributed by atoms with Gasteiger partial charge >= 0.3 is 0 Å². The average molecular weight is 388 g/mol. The highest BCUT2D eigenvalue weighted by Gasteiger charge is 2.39. The molecule has 26 heavy (non-hydrogen) atoms. The standard InChI is InChI=1S/C21H29NO2SSi/c1-17-12-14-19(15-13-17)25(23)22-16-20(18-10-8-7-9-11-18)24-26(5,6)21(2,3)4/h7-16,20H,1-6H3/b22-16+/t20-,25+/m1/s1. The van der Waals surface area contributed by atoms with Gasteiger partial charge in [-0.2, -0.15) is 4.40 Å². The molecule has 0 amide bonds. The number of benzene rings is 2. The molecule has 0 saturated heterocycles. The van der Waals surface area contributed by atoms with Crippen molar-refractivity contribution in [3.05, 3.63) is 65.7 Å². The molecule has 2 atom stereocenters. The van der Waals surface area contributed by atoms with Crippen LogP contribution in [-0.4, -0.2) is 18.7 Å². The van der Waals surface area contributed by atoms with Crippen molar-refractivity contribution in [3.8, 4) is 0 Å². The first kappa shape index (κ1) is 20.7. The van der Waals surface area contributed by atoms with E-state index < -0.39 is 19.3 Å². The summed E-state index contributed by atoms with van der Waals surface area (Å²) in [6.07, 6.45) is 1.40. The highest BCUT2D eigenvalue weighted by atomic mass is 32.2. The van der Waals surface area contributed by atoms with Crippen LogP contribution in [0.4, 0.5) is 0 Å². The van der Waals surface area contributed by atoms with Crippen molar-refractivity contribution in [1.82, 2.24) is 0 Å². The molecule has 0 aliphatic rings. The van der Waals surface area contributed by atoms with Crippen LogP contribution < -0.4 is 0 Å². The maximum absolute atomic E-state index is 12.5. The van der Waals surface area contributed by atoms with Crippen LogP contribution in [0.1, 0.15) is 38.0 Å². The Morgan fingerprint density at radius 1 is 1.04 bits per heavy atom. The van der Waals surface area contributed by atoms with E-state index in [1.165, 1.54) is 0 Å². The largest absolute Gasteiger partial charge is 0.405 e. The summed E-state index contributed by atoms with van der Waals surface area (Å²) in [6.45, 7) is 13.1. The number of aryl methyl sites for hydroxylation is 1.